The van der Waals surface area contributed by atoms with Crippen molar-refractivity contribution in [3.8, 4) is 0 Å². The molecule has 1 fully saturated rings. The summed E-state index contributed by atoms with van der Waals surface area (Å²) in [7, 11) is -3.60. The number of nitrogens with zero attached hydrogens (tertiary/aromatic N) is 1. The van der Waals surface area contributed by atoms with Gasteiger partial charge in [0.15, 0.2) is 5.03 Å². The molecule has 0 bridgehead atoms. The van der Waals surface area contributed by atoms with Gasteiger partial charge in [-0.15, -0.1) is 0 Å². The third kappa shape index (κ3) is 3.84. The molecule has 1 aliphatic rings. The number of H-pyrrole nitrogens is 1. The van der Waals surface area contributed by atoms with E-state index in [0.717, 1.165) is 37.1 Å². The van der Waals surface area contributed by atoms with Crippen molar-refractivity contribution in [1.82, 2.24) is 20.2 Å². The van der Waals surface area contributed by atoms with Crippen LogP contribution in [0.1, 0.15) is 51.3 Å². The predicted octanol–water partition coefficient (Wildman–Crippen LogP) is 1.68. The minimum Gasteiger partial charge on any atom is -0.313 e. The van der Waals surface area contributed by atoms with Gasteiger partial charge in [-0.1, -0.05) is 6.92 Å². The highest BCUT2D eigenvalue weighted by molar-refractivity contribution is 7.89. The largest absolute Gasteiger partial charge is 0.313 e. The van der Waals surface area contributed by atoms with Gasteiger partial charge in [0.2, 0.25) is 0 Å². The van der Waals surface area contributed by atoms with Gasteiger partial charge in [-0.3, -0.25) is 5.10 Å². The van der Waals surface area contributed by atoms with E-state index >= 15 is 0 Å². The maximum atomic E-state index is 12.6. The van der Waals surface area contributed by atoms with E-state index in [1.165, 1.54) is 0 Å². The maximum Gasteiger partial charge on any atom is 0.260 e. The van der Waals surface area contributed by atoms with E-state index in [1.807, 2.05) is 20.8 Å². The standard InChI is InChI=1S/C14H26N4O2S/c1-5-8-15-9-12-10(2)16-17-13(12)21(19,20)18-14(3,4)11-6-7-11/h11,15,18H,5-9H2,1-4H3,(H,16,17). The molecule has 0 atom stereocenters. The molecule has 0 unspecified atom stereocenters. The van der Waals surface area contributed by atoms with Crippen LogP contribution in [0, 0.1) is 12.8 Å². The SMILES string of the molecule is CCCNCc1c(S(=O)(=O)NC(C)(C)C2CC2)n[nH]c1C. The molecule has 1 aliphatic carbocycles. The molecule has 1 heterocycles. The molecule has 21 heavy (non-hydrogen) atoms. The fourth-order valence-electron chi connectivity index (χ4n) is 2.53. The summed E-state index contributed by atoms with van der Waals surface area (Å²) in [6.07, 6.45) is 3.17. The molecule has 0 radical (unpaired) electrons. The number of aromatic nitrogens is 2. The summed E-state index contributed by atoms with van der Waals surface area (Å²) in [4.78, 5) is 0. The van der Waals surface area contributed by atoms with Crippen molar-refractivity contribution in [2.45, 2.75) is 64.1 Å². The first-order valence-electron chi connectivity index (χ1n) is 7.56. The van der Waals surface area contributed by atoms with E-state index < -0.39 is 15.6 Å². The van der Waals surface area contributed by atoms with Crippen molar-refractivity contribution in [2.75, 3.05) is 6.54 Å². The number of nitrogens with one attached hydrogen (secondary N) is 3. The fourth-order valence-corrected chi connectivity index (χ4v) is 4.21. The molecule has 1 aromatic rings. The molecule has 3 N–H and O–H groups in total. The highest BCUT2D eigenvalue weighted by atomic mass is 32.2. The Morgan fingerprint density at radius 1 is 1.38 bits per heavy atom. The van der Waals surface area contributed by atoms with Crippen LogP contribution in [0.25, 0.3) is 0 Å². The van der Waals surface area contributed by atoms with Gasteiger partial charge in [-0.25, -0.2) is 13.1 Å². The Morgan fingerprint density at radius 3 is 2.62 bits per heavy atom. The zero-order valence-corrected chi connectivity index (χ0v) is 14.1. The van der Waals surface area contributed by atoms with Crippen LogP contribution < -0.4 is 10.0 Å². The summed E-state index contributed by atoms with van der Waals surface area (Å²) in [5.41, 5.74) is 1.10. The predicted molar refractivity (Wildman–Crippen MR) is 82.4 cm³/mol. The van der Waals surface area contributed by atoms with Crippen molar-refractivity contribution in [3.05, 3.63) is 11.3 Å². The van der Waals surface area contributed by atoms with E-state index in [4.69, 9.17) is 0 Å². The average Bonchev–Trinajstić information content (AvgIpc) is 3.15. The Hall–Kier alpha value is -0.920. The lowest BCUT2D eigenvalue weighted by atomic mass is 10.0. The van der Waals surface area contributed by atoms with Crippen LogP contribution >= 0.6 is 0 Å². The van der Waals surface area contributed by atoms with Gasteiger partial charge >= 0.3 is 0 Å². The third-order valence-electron chi connectivity index (χ3n) is 4.01. The molecule has 7 heteroatoms. The molecule has 0 aromatic carbocycles. The normalized spacial score (nSPS) is 16.4. The molecule has 0 aliphatic heterocycles. The van der Waals surface area contributed by atoms with Crippen LogP contribution in [0.15, 0.2) is 5.03 Å². The molecule has 6 nitrogen and oxygen atoms in total. The number of aryl methyl sites for hydroxylation is 1. The summed E-state index contributed by atoms with van der Waals surface area (Å²) in [5.74, 6) is 0.425. The highest BCUT2D eigenvalue weighted by Gasteiger charge is 2.41. The number of hydrogen-bond acceptors (Lipinski definition) is 4. The lowest BCUT2D eigenvalue weighted by Gasteiger charge is -2.25. The van der Waals surface area contributed by atoms with Crippen molar-refractivity contribution >= 4 is 10.0 Å². The van der Waals surface area contributed by atoms with E-state index in [9.17, 15) is 8.42 Å². The number of hydrogen-bond donors (Lipinski definition) is 3. The molecular formula is C14H26N4O2S. The quantitative estimate of drug-likeness (QED) is 0.637. The minimum absolute atomic E-state index is 0.123. The van der Waals surface area contributed by atoms with E-state index in [0.29, 0.717) is 12.5 Å². The average molecular weight is 314 g/mol. The zero-order chi connectivity index (χ0) is 15.7. The van der Waals surface area contributed by atoms with E-state index in [1.54, 1.807) is 0 Å². The number of aromatic amines is 1. The first-order chi connectivity index (χ1) is 9.78. The van der Waals surface area contributed by atoms with Crippen LogP contribution in [0.4, 0.5) is 0 Å². The van der Waals surface area contributed by atoms with Crippen molar-refractivity contribution in [3.63, 3.8) is 0 Å². The van der Waals surface area contributed by atoms with Crippen molar-refractivity contribution in [2.24, 2.45) is 5.92 Å². The molecule has 2 rings (SSSR count). The monoisotopic (exact) mass is 314 g/mol. The topological polar surface area (TPSA) is 86.9 Å². The van der Waals surface area contributed by atoms with Gasteiger partial charge in [-0.2, -0.15) is 5.10 Å². The second kappa shape index (κ2) is 6.06. The van der Waals surface area contributed by atoms with Gasteiger partial charge in [-0.05, 0) is 52.5 Å². The lowest BCUT2D eigenvalue weighted by Crippen LogP contribution is -2.45. The molecule has 120 valence electrons. The van der Waals surface area contributed by atoms with Crippen LogP contribution in [0.2, 0.25) is 0 Å². The molecular weight excluding hydrogens is 288 g/mol. The first-order valence-corrected chi connectivity index (χ1v) is 9.04. The van der Waals surface area contributed by atoms with Crippen molar-refractivity contribution in [1.29, 1.82) is 0 Å². The molecule has 0 spiro atoms. The summed E-state index contributed by atoms with van der Waals surface area (Å²) < 4.78 is 28.1. The smallest absolute Gasteiger partial charge is 0.260 e. The Bertz CT molecular complexity index is 588. The minimum atomic E-state index is -3.60. The first kappa shape index (κ1) is 16.5. The van der Waals surface area contributed by atoms with Crippen LogP contribution in [0.5, 0.6) is 0 Å². The highest BCUT2D eigenvalue weighted by Crippen LogP contribution is 2.40. The zero-order valence-electron chi connectivity index (χ0n) is 13.3. The summed E-state index contributed by atoms with van der Waals surface area (Å²) >= 11 is 0. The third-order valence-corrected chi connectivity index (χ3v) is 5.66. The maximum absolute atomic E-state index is 12.6. The van der Waals surface area contributed by atoms with Gasteiger partial charge in [0.25, 0.3) is 10.0 Å². The Labute approximate surface area is 127 Å². The van der Waals surface area contributed by atoms with Gasteiger partial charge in [0.1, 0.15) is 0 Å². The molecule has 0 saturated heterocycles. The van der Waals surface area contributed by atoms with Crippen LogP contribution in [-0.4, -0.2) is 30.7 Å². The summed E-state index contributed by atoms with van der Waals surface area (Å²) in [5, 5.41) is 10.2. The molecule has 1 saturated carbocycles. The van der Waals surface area contributed by atoms with Crippen molar-refractivity contribution < 1.29 is 8.42 Å². The number of rotatable bonds is 8. The summed E-state index contributed by atoms with van der Waals surface area (Å²) in [6.45, 7) is 9.17. The van der Waals surface area contributed by atoms with Crippen LogP contribution in [-0.2, 0) is 16.6 Å². The van der Waals surface area contributed by atoms with Crippen LogP contribution in [0.3, 0.4) is 0 Å². The van der Waals surface area contributed by atoms with Gasteiger partial charge < -0.3 is 5.32 Å². The second-order valence-electron chi connectivity index (χ2n) is 6.41. The van der Waals surface area contributed by atoms with Gasteiger partial charge in [0, 0.05) is 23.3 Å². The Kier molecular flexibility index (Phi) is 4.75. The number of sulfonamides is 1. The summed E-state index contributed by atoms with van der Waals surface area (Å²) in [6, 6.07) is 0. The lowest BCUT2D eigenvalue weighted by molar-refractivity contribution is 0.399. The molecule has 1 aromatic heterocycles. The van der Waals surface area contributed by atoms with Gasteiger partial charge in [0.05, 0.1) is 0 Å². The fraction of sp³-hybridized carbons (Fsp3) is 0.786. The second-order valence-corrected chi connectivity index (χ2v) is 8.01. The Morgan fingerprint density at radius 2 is 2.05 bits per heavy atom. The van der Waals surface area contributed by atoms with E-state index in [2.05, 4.69) is 27.2 Å². The Balaban J connectivity index is 2.19. The molecule has 0 amide bonds. The van der Waals surface area contributed by atoms with E-state index in [-0.39, 0.29) is 5.03 Å².